The Morgan fingerprint density at radius 3 is 2.42 bits per heavy atom. The molecule has 1 aliphatic heterocycles. The summed E-state index contributed by atoms with van der Waals surface area (Å²) >= 11 is 0. The lowest BCUT2D eigenvalue weighted by Gasteiger charge is -2.26. The van der Waals surface area contributed by atoms with E-state index in [4.69, 9.17) is 9.47 Å². The fourth-order valence-corrected chi connectivity index (χ4v) is 3.88. The average Bonchev–Trinajstić information content (AvgIpc) is 3.56. The van der Waals surface area contributed by atoms with Crippen molar-refractivity contribution in [2.24, 2.45) is 11.0 Å². The standard InChI is InChI=1S/C24H27N3O4/c1-26(24(29)17-8-9-17)15-23(28)27-21(19-6-4-5-7-22(19)31-3)14-20(25-27)16-10-12-18(30-2)13-11-16/h4-7,10-13,17,21H,8-9,14-15H2,1-3H3/t21-/m0/s1. The van der Waals surface area contributed by atoms with Crippen molar-refractivity contribution in [1.82, 2.24) is 9.91 Å². The fourth-order valence-electron chi connectivity index (χ4n) is 3.88. The molecule has 0 radical (unpaired) electrons. The largest absolute Gasteiger partial charge is 0.497 e. The number of rotatable bonds is 7. The Labute approximate surface area is 182 Å². The van der Waals surface area contributed by atoms with Gasteiger partial charge in [0.15, 0.2) is 0 Å². The zero-order valence-corrected chi connectivity index (χ0v) is 18.1. The van der Waals surface area contributed by atoms with E-state index in [1.54, 1.807) is 21.3 Å². The van der Waals surface area contributed by atoms with Gasteiger partial charge in [-0.1, -0.05) is 18.2 Å². The third-order valence-electron chi connectivity index (χ3n) is 5.76. The predicted octanol–water partition coefficient (Wildman–Crippen LogP) is 3.25. The topological polar surface area (TPSA) is 71.4 Å². The smallest absolute Gasteiger partial charge is 0.262 e. The van der Waals surface area contributed by atoms with Crippen molar-refractivity contribution < 1.29 is 19.1 Å². The van der Waals surface area contributed by atoms with Gasteiger partial charge in [-0.3, -0.25) is 9.59 Å². The highest BCUT2D eigenvalue weighted by atomic mass is 16.5. The third-order valence-corrected chi connectivity index (χ3v) is 5.76. The Morgan fingerprint density at radius 2 is 1.77 bits per heavy atom. The zero-order valence-electron chi connectivity index (χ0n) is 18.1. The van der Waals surface area contributed by atoms with Crippen molar-refractivity contribution >= 4 is 17.5 Å². The number of carbonyl (C=O) groups excluding carboxylic acids is 2. The van der Waals surface area contributed by atoms with E-state index >= 15 is 0 Å². The van der Waals surface area contributed by atoms with E-state index in [9.17, 15) is 9.59 Å². The number of carbonyl (C=O) groups is 2. The summed E-state index contributed by atoms with van der Waals surface area (Å²) in [6.07, 6.45) is 2.37. The Balaban J connectivity index is 1.62. The number of benzene rings is 2. The first-order valence-electron chi connectivity index (χ1n) is 10.4. The molecule has 4 rings (SSSR count). The van der Waals surface area contributed by atoms with Gasteiger partial charge in [0.05, 0.1) is 26.0 Å². The van der Waals surface area contributed by atoms with Gasteiger partial charge in [-0.25, -0.2) is 5.01 Å². The van der Waals surface area contributed by atoms with Gasteiger partial charge in [-0.2, -0.15) is 5.10 Å². The van der Waals surface area contributed by atoms with Gasteiger partial charge in [-0.15, -0.1) is 0 Å². The Morgan fingerprint density at radius 1 is 1.06 bits per heavy atom. The summed E-state index contributed by atoms with van der Waals surface area (Å²) in [7, 11) is 4.92. The summed E-state index contributed by atoms with van der Waals surface area (Å²) in [5.74, 6) is 1.35. The Bertz CT molecular complexity index is 998. The second kappa shape index (κ2) is 8.79. The van der Waals surface area contributed by atoms with Crippen LogP contribution in [0.2, 0.25) is 0 Å². The molecule has 162 valence electrons. The van der Waals surface area contributed by atoms with Crippen molar-refractivity contribution in [2.75, 3.05) is 27.8 Å². The molecular weight excluding hydrogens is 394 g/mol. The minimum absolute atomic E-state index is 0.000372. The second-order valence-electron chi connectivity index (χ2n) is 7.94. The molecule has 1 saturated carbocycles. The molecule has 0 aromatic heterocycles. The first-order chi connectivity index (χ1) is 15.0. The van der Waals surface area contributed by atoms with Crippen molar-refractivity contribution in [3.63, 3.8) is 0 Å². The highest BCUT2D eigenvalue weighted by molar-refractivity contribution is 6.03. The van der Waals surface area contributed by atoms with Crippen LogP contribution in [0.1, 0.15) is 36.4 Å². The van der Waals surface area contributed by atoms with Gasteiger partial charge >= 0.3 is 0 Å². The number of para-hydroxylation sites is 1. The molecule has 31 heavy (non-hydrogen) atoms. The van der Waals surface area contributed by atoms with Crippen molar-refractivity contribution in [1.29, 1.82) is 0 Å². The molecule has 0 N–H and O–H groups in total. The van der Waals surface area contributed by atoms with Crippen molar-refractivity contribution in [2.45, 2.75) is 25.3 Å². The van der Waals surface area contributed by atoms with Crippen LogP contribution in [0.25, 0.3) is 0 Å². The first kappa shape index (κ1) is 20.9. The molecule has 0 saturated heterocycles. The van der Waals surface area contributed by atoms with E-state index < -0.39 is 0 Å². The second-order valence-corrected chi connectivity index (χ2v) is 7.94. The summed E-state index contributed by atoms with van der Waals surface area (Å²) in [5.41, 5.74) is 2.63. The van der Waals surface area contributed by atoms with E-state index in [1.165, 1.54) is 9.91 Å². The molecule has 0 bridgehead atoms. The van der Waals surface area contributed by atoms with Crippen LogP contribution in [0.3, 0.4) is 0 Å². The lowest BCUT2D eigenvalue weighted by molar-refractivity contribution is -0.141. The lowest BCUT2D eigenvalue weighted by Crippen LogP contribution is -2.39. The zero-order chi connectivity index (χ0) is 22.0. The number of ether oxygens (including phenoxy) is 2. The monoisotopic (exact) mass is 421 g/mol. The Kier molecular flexibility index (Phi) is 5.93. The van der Waals surface area contributed by atoms with Crippen LogP contribution in [0.15, 0.2) is 53.6 Å². The van der Waals surface area contributed by atoms with Gasteiger partial charge in [0.2, 0.25) is 5.91 Å². The maximum Gasteiger partial charge on any atom is 0.262 e. The molecule has 1 heterocycles. The normalized spacial score (nSPS) is 17.8. The summed E-state index contributed by atoms with van der Waals surface area (Å²) in [6.45, 7) is 0.000372. The summed E-state index contributed by atoms with van der Waals surface area (Å²) < 4.78 is 10.8. The maximum absolute atomic E-state index is 13.2. The molecule has 2 amide bonds. The third kappa shape index (κ3) is 4.40. The van der Waals surface area contributed by atoms with Gasteiger partial charge < -0.3 is 14.4 Å². The Hall–Kier alpha value is -3.35. The number of hydrazone groups is 1. The van der Waals surface area contributed by atoms with Crippen LogP contribution in [0.5, 0.6) is 11.5 Å². The minimum atomic E-state index is -0.301. The number of methoxy groups -OCH3 is 2. The van der Waals surface area contributed by atoms with E-state index in [-0.39, 0.29) is 30.3 Å². The van der Waals surface area contributed by atoms with Gasteiger partial charge in [0.1, 0.15) is 18.0 Å². The minimum Gasteiger partial charge on any atom is -0.497 e. The molecule has 7 heteroatoms. The van der Waals surface area contributed by atoms with Crippen LogP contribution in [-0.4, -0.2) is 55.2 Å². The predicted molar refractivity (Wildman–Crippen MR) is 117 cm³/mol. The summed E-state index contributed by atoms with van der Waals surface area (Å²) in [5, 5.41) is 6.19. The molecule has 0 unspecified atom stereocenters. The molecule has 2 aromatic carbocycles. The molecule has 7 nitrogen and oxygen atoms in total. The maximum atomic E-state index is 13.2. The van der Waals surface area contributed by atoms with Gasteiger partial charge in [-0.05, 0) is 48.7 Å². The molecule has 1 fully saturated rings. The van der Waals surface area contributed by atoms with Gasteiger partial charge in [0.25, 0.3) is 5.91 Å². The van der Waals surface area contributed by atoms with Crippen LogP contribution in [0, 0.1) is 5.92 Å². The van der Waals surface area contributed by atoms with Crippen molar-refractivity contribution in [3.8, 4) is 11.5 Å². The van der Waals surface area contributed by atoms with Gasteiger partial charge in [0, 0.05) is 24.9 Å². The van der Waals surface area contributed by atoms with E-state index in [0.717, 1.165) is 35.4 Å². The van der Waals surface area contributed by atoms with E-state index in [1.807, 2.05) is 48.5 Å². The van der Waals surface area contributed by atoms with Crippen LogP contribution >= 0.6 is 0 Å². The number of hydrogen-bond acceptors (Lipinski definition) is 5. The van der Waals surface area contributed by atoms with E-state index in [2.05, 4.69) is 5.10 Å². The number of nitrogens with zero attached hydrogens (tertiary/aromatic N) is 3. The van der Waals surface area contributed by atoms with Crippen LogP contribution in [0.4, 0.5) is 0 Å². The fraction of sp³-hybridized carbons (Fsp3) is 0.375. The molecule has 2 aromatic rings. The lowest BCUT2D eigenvalue weighted by atomic mass is 9.97. The molecule has 1 aliphatic carbocycles. The summed E-state index contributed by atoms with van der Waals surface area (Å²) in [6, 6.07) is 15.0. The van der Waals surface area contributed by atoms with Crippen LogP contribution in [-0.2, 0) is 9.59 Å². The first-order valence-corrected chi connectivity index (χ1v) is 10.4. The highest BCUT2D eigenvalue weighted by Gasteiger charge is 2.37. The number of likely N-dealkylation sites (N-methyl/N-ethyl adjacent to an activating group) is 1. The van der Waals surface area contributed by atoms with Crippen molar-refractivity contribution in [3.05, 3.63) is 59.7 Å². The molecule has 1 atom stereocenters. The molecule has 2 aliphatic rings. The number of amides is 2. The van der Waals surface area contributed by atoms with E-state index in [0.29, 0.717) is 12.2 Å². The molecular formula is C24H27N3O4. The average molecular weight is 421 g/mol. The SMILES string of the molecule is COc1ccc(C2=NN(C(=O)CN(C)C(=O)C3CC3)[C@H](c3ccccc3OC)C2)cc1. The number of hydrogen-bond donors (Lipinski definition) is 0. The summed E-state index contributed by atoms with van der Waals surface area (Å²) in [4.78, 5) is 27.1. The van der Waals surface area contributed by atoms with Crippen LogP contribution < -0.4 is 9.47 Å². The molecule has 0 spiro atoms. The highest BCUT2D eigenvalue weighted by Crippen LogP contribution is 2.38. The quantitative estimate of drug-likeness (QED) is 0.688.